The Balaban J connectivity index is 2.03. The number of benzene rings is 1. The van der Waals surface area contributed by atoms with Crippen LogP contribution >= 0.6 is 11.3 Å². The zero-order valence-corrected chi connectivity index (χ0v) is 20.0. The molecule has 0 unspecified atom stereocenters. The van der Waals surface area contributed by atoms with E-state index in [9.17, 15) is 19.6 Å². The quantitative estimate of drug-likeness (QED) is 0.526. The number of ether oxygens (including phenoxy) is 1. The number of pyridine rings is 1. The molecular weight excluding hydrogens is 466 g/mol. The number of amides is 1. The lowest BCUT2D eigenvalue weighted by Crippen LogP contribution is -2.40. The molecule has 3 aromatic rings. The molecule has 3 heterocycles. The van der Waals surface area contributed by atoms with Gasteiger partial charge in [0.15, 0.2) is 0 Å². The maximum Gasteiger partial charge on any atom is 0.332 e. The summed E-state index contributed by atoms with van der Waals surface area (Å²) in [5.74, 6) is -2.22. The Morgan fingerprint density at radius 3 is 2.69 bits per heavy atom. The van der Waals surface area contributed by atoms with Crippen LogP contribution in [-0.4, -0.2) is 28.5 Å². The van der Waals surface area contributed by atoms with Crippen molar-refractivity contribution < 1.29 is 14.3 Å². The predicted molar refractivity (Wildman–Crippen MR) is 132 cm³/mol. The molecule has 4 rings (SSSR count). The Morgan fingerprint density at radius 1 is 1.29 bits per heavy atom. The van der Waals surface area contributed by atoms with E-state index in [1.165, 1.54) is 7.11 Å². The van der Waals surface area contributed by atoms with Gasteiger partial charge in [-0.05, 0) is 48.7 Å². The van der Waals surface area contributed by atoms with Gasteiger partial charge in [0.25, 0.3) is 11.5 Å². The molecule has 1 atom stereocenters. The van der Waals surface area contributed by atoms with E-state index < -0.39 is 23.4 Å². The highest BCUT2D eigenvalue weighted by atomic mass is 32.1. The monoisotopic (exact) mass is 487 g/mol. The summed E-state index contributed by atoms with van der Waals surface area (Å²) < 4.78 is 5.99. The van der Waals surface area contributed by atoms with Crippen molar-refractivity contribution in [2.45, 2.75) is 19.8 Å². The van der Waals surface area contributed by atoms with E-state index in [2.05, 4.69) is 21.1 Å². The molecule has 0 saturated heterocycles. The Hall–Kier alpha value is -4.49. The number of nitriles is 1. The molecular formula is C25H21N5O4S. The van der Waals surface area contributed by atoms with Gasteiger partial charge in [0, 0.05) is 24.2 Å². The van der Waals surface area contributed by atoms with Gasteiger partial charge in [0.1, 0.15) is 15.0 Å². The average molecular weight is 488 g/mol. The van der Waals surface area contributed by atoms with Crippen LogP contribution in [0.3, 0.4) is 0 Å². The normalized spacial score (nSPS) is 15.4. The van der Waals surface area contributed by atoms with Gasteiger partial charge in [-0.2, -0.15) is 5.26 Å². The van der Waals surface area contributed by atoms with Gasteiger partial charge < -0.3 is 15.8 Å². The summed E-state index contributed by atoms with van der Waals surface area (Å²) in [7, 11) is 1.19. The fraction of sp³-hybridized carbons (Fsp3) is 0.160. The highest BCUT2D eigenvalue weighted by Gasteiger charge is 2.35. The van der Waals surface area contributed by atoms with Crippen molar-refractivity contribution in [3.05, 3.63) is 84.5 Å². The first-order valence-electron chi connectivity index (χ1n) is 10.5. The van der Waals surface area contributed by atoms with E-state index in [1.807, 2.05) is 26.0 Å². The van der Waals surface area contributed by atoms with Crippen molar-refractivity contribution in [1.29, 1.82) is 5.26 Å². The molecule has 1 amide bonds. The number of hydrogen-bond donors (Lipinski definition) is 2. The first kappa shape index (κ1) is 23.7. The number of rotatable bonds is 4. The van der Waals surface area contributed by atoms with Crippen molar-refractivity contribution in [3.8, 4) is 6.07 Å². The highest BCUT2D eigenvalue weighted by molar-refractivity contribution is 7.07. The van der Waals surface area contributed by atoms with E-state index in [1.54, 1.807) is 30.6 Å². The largest absolute Gasteiger partial charge is 0.466 e. The van der Waals surface area contributed by atoms with Gasteiger partial charge in [0.05, 0.1) is 30.2 Å². The molecule has 1 aromatic carbocycles. The third kappa shape index (κ3) is 4.25. The molecule has 0 spiro atoms. The lowest BCUT2D eigenvalue weighted by Gasteiger charge is -2.25. The molecule has 35 heavy (non-hydrogen) atoms. The zero-order chi connectivity index (χ0) is 25.3. The highest BCUT2D eigenvalue weighted by Crippen LogP contribution is 2.36. The second-order valence-corrected chi connectivity index (χ2v) is 8.91. The lowest BCUT2D eigenvalue weighted by atomic mass is 9.84. The SMILES string of the molecule is COC(=O)/C=c1\sc2n(c1=O)C(N)=C(C#N)[C@H](c1cccnc1)C=2C(=O)Nc1ccc(C)c(C)c1. The molecule has 0 aliphatic carbocycles. The van der Waals surface area contributed by atoms with Crippen LogP contribution in [-0.2, 0) is 14.3 Å². The second kappa shape index (κ2) is 9.40. The summed E-state index contributed by atoms with van der Waals surface area (Å²) in [6.07, 6.45) is 4.15. The van der Waals surface area contributed by atoms with E-state index in [4.69, 9.17) is 5.73 Å². The fourth-order valence-electron chi connectivity index (χ4n) is 3.83. The summed E-state index contributed by atoms with van der Waals surface area (Å²) in [5.41, 5.74) is 9.02. The number of aromatic nitrogens is 2. The number of carbonyl (C=O) groups is 2. The average Bonchev–Trinajstić information content (AvgIpc) is 3.17. The van der Waals surface area contributed by atoms with Crippen molar-refractivity contribution in [3.63, 3.8) is 0 Å². The number of hydrogen-bond acceptors (Lipinski definition) is 8. The minimum Gasteiger partial charge on any atom is -0.466 e. The van der Waals surface area contributed by atoms with Gasteiger partial charge in [-0.3, -0.25) is 19.1 Å². The molecule has 1 aliphatic rings. The number of esters is 1. The molecule has 10 heteroatoms. The number of nitrogens with two attached hydrogens (primary N) is 1. The lowest BCUT2D eigenvalue weighted by molar-refractivity contribution is -0.133. The summed E-state index contributed by atoms with van der Waals surface area (Å²) in [5, 5.41) is 12.9. The van der Waals surface area contributed by atoms with Crippen molar-refractivity contribution in [2.24, 2.45) is 5.73 Å². The van der Waals surface area contributed by atoms with Crippen LogP contribution in [0, 0.1) is 25.2 Å². The third-order valence-electron chi connectivity index (χ3n) is 5.75. The topological polar surface area (TPSA) is 140 Å². The minimum atomic E-state index is -0.871. The number of allylic oxidation sites excluding steroid dienone is 1. The predicted octanol–water partition coefficient (Wildman–Crippen LogP) is 1.11. The Labute approximate surface area is 204 Å². The standard InChI is InChI=1S/C25H21N5O4S/c1-13-6-7-16(9-14(13)2)29-23(32)21-20(15-5-4-8-28-12-15)17(11-26)22(27)30-24(33)18(35-25(21)30)10-19(31)34-3/h4-10,12,20H,27H2,1-3H3,(H,29,32)/b18-10-/t20-/m0/s1. The zero-order valence-electron chi connectivity index (χ0n) is 19.2. The maximum atomic E-state index is 13.7. The van der Waals surface area contributed by atoms with Gasteiger partial charge in [0.2, 0.25) is 0 Å². The number of methoxy groups -OCH3 is 1. The van der Waals surface area contributed by atoms with Gasteiger partial charge in [-0.15, -0.1) is 11.3 Å². The molecule has 1 aliphatic heterocycles. The van der Waals surface area contributed by atoms with Gasteiger partial charge in [-0.1, -0.05) is 12.1 Å². The van der Waals surface area contributed by atoms with Crippen LogP contribution in [0.1, 0.15) is 22.6 Å². The van der Waals surface area contributed by atoms with Crippen LogP contribution in [0.2, 0.25) is 0 Å². The summed E-state index contributed by atoms with van der Waals surface area (Å²) >= 11 is 0.925. The number of thiazole rings is 1. The first-order valence-corrected chi connectivity index (χ1v) is 11.3. The number of fused-ring (bicyclic) bond motifs is 1. The maximum absolute atomic E-state index is 13.7. The number of anilines is 1. The smallest absolute Gasteiger partial charge is 0.332 e. The summed E-state index contributed by atoms with van der Waals surface area (Å²) in [4.78, 5) is 42.8. The van der Waals surface area contributed by atoms with E-state index in [0.29, 0.717) is 11.3 Å². The van der Waals surface area contributed by atoms with Crippen LogP contribution in [0.25, 0.3) is 17.5 Å². The van der Waals surface area contributed by atoms with Crippen molar-refractivity contribution >= 4 is 46.4 Å². The fourth-order valence-corrected chi connectivity index (χ4v) is 4.97. The van der Waals surface area contributed by atoms with Crippen LogP contribution in [0.15, 0.2) is 53.1 Å². The number of nitrogens with zero attached hydrogens (tertiary/aromatic N) is 3. The molecule has 0 bridgehead atoms. The molecule has 0 saturated carbocycles. The van der Waals surface area contributed by atoms with Crippen LogP contribution in [0.4, 0.5) is 5.69 Å². The molecule has 3 N–H and O–H groups in total. The van der Waals surface area contributed by atoms with Crippen molar-refractivity contribution in [1.82, 2.24) is 9.55 Å². The Morgan fingerprint density at radius 2 is 2.06 bits per heavy atom. The molecule has 0 fully saturated rings. The van der Waals surface area contributed by atoms with Crippen LogP contribution in [0.5, 0.6) is 0 Å². The molecule has 9 nitrogen and oxygen atoms in total. The second-order valence-electron chi connectivity index (χ2n) is 7.88. The Kier molecular flexibility index (Phi) is 6.36. The van der Waals surface area contributed by atoms with E-state index in [-0.39, 0.29) is 26.2 Å². The van der Waals surface area contributed by atoms with Gasteiger partial charge in [-0.25, -0.2) is 4.79 Å². The first-order chi connectivity index (χ1) is 16.8. The van der Waals surface area contributed by atoms with E-state index in [0.717, 1.165) is 33.1 Å². The number of nitrogens with one attached hydrogen (secondary N) is 1. The minimum absolute atomic E-state index is 0.0235. The molecule has 2 aromatic heterocycles. The number of carbonyl (C=O) groups excluding carboxylic acids is 2. The van der Waals surface area contributed by atoms with Crippen LogP contribution < -0.4 is 25.8 Å². The van der Waals surface area contributed by atoms with Gasteiger partial charge >= 0.3 is 5.97 Å². The molecule has 0 radical (unpaired) electrons. The summed E-state index contributed by atoms with van der Waals surface area (Å²) in [6, 6.07) is 11.0. The van der Waals surface area contributed by atoms with E-state index >= 15 is 0 Å². The molecule has 176 valence electrons. The van der Waals surface area contributed by atoms with Crippen molar-refractivity contribution in [2.75, 3.05) is 12.4 Å². The summed E-state index contributed by atoms with van der Waals surface area (Å²) in [6.45, 7) is 3.89. The number of aryl methyl sites for hydroxylation is 2. The third-order valence-corrected chi connectivity index (χ3v) is 6.85. The Bertz CT molecular complexity index is 1610.